The second kappa shape index (κ2) is 8.13. The van der Waals surface area contributed by atoms with Gasteiger partial charge in [0.05, 0.1) is 0 Å². The molecule has 0 spiro atoms. The number of nitrogens with zero attached hydrogens (tertiary/aromatic N) is 4. The monoisotopic (exact) mass is 418 g/mol. The number of likely N-dealkylation sites (tertiary alicyclic amines) is 1. The van der Waals surface area contributed by atoms with Crippen LogP contribution in [0.3, 0.4) is 0 Å². The molecule has 0 unspecified atom stereocenters. The summed E-state index contributed by atoms with van der Waals surface area (Å²) < 4.78 is 47.9. The summed E-state index contributed by atoms with van der Waals surface area (Å²) in [7, 11) is 0. The Hall–Kier alpha value is -3.43. The lowest BCUT2D eigenvalue weighted by molar-refractivity contribution is -0.159. The largest absolute Gasteiger partial charge is 0.490 e. The van der Waals surface area contributed by atoms with E-state index in [1.165, 1.54) is 0 Å². The molecule has 1 amide bonds. The second-order valence-corrected chi connectivity index (χ2v) is 6.79. The van der Waals surface area contributed by atoms with Crippen molar-refractivity contribution in [3.63, 3.8) is 0 Å². The number of benzene rings is 1. The molecule has 10 heteroatoms. The molecule has 0 radical (unpaired) electrons. The van der Waals surface area contributed by atoms with Gasteiger partial charge in [-0.15, -0.1) is 0 Å². The van der Waals surface area contributed by atoms with Gasteiger partial charge in [0.15, 0.2) is 0 Å². The highest BCUT2D eigenvalue weighted by Crippen LogP contribution is 2.30. The minimum atomic E-state index is -4.68. The molecule has 0 saturated carbocycles. The molecular weight excluding hydrogens is 401 g/mol. The van der Waals surface area contributed by atoms with Gasteiger partial charge in [0.1, 0.15) is 11.9 Å². The van der Waals surface area contributed by atoms with Gasteiger partial charge in [-0.25, -0.2) is 0 Å². The zero-order chi connectivity index (χ0) is 21.1. The topological polar surface area (TPSA) is 81.4 Å². The van der Waals surface area contributed by atoms with Crippen molar-refractivity contribution in [3.05, 3.63) is 60.2 Å². The van der Waals surface area contributed by atoms with Gasteiger partial charge in [-0.2, -0.15) is 18.2 Å². The van der Waals surface area contributed by atoms with Crippen LogP contribution in [0.15, 0.2) is 53.3 Å². The minimum absolute atomic E-state index is 0.0291. The first-order chi connectivity index (χ1) is 14.4. The smallest absolute Gasteiger partial charge is 0.471 e. The Labute approximate surface area is 169 Å². The van der Waals surface area contributed by atoms with Crippen LogP contribution in [0.4, 0.5) is 13.2 Å². The lowest BCUT2D eigenvalue weighted by atomic mass is 10.1. The van der Waals surface area contributed by atoms with Gasteiger partial charge in [-0.05, 0) is 36.4 Å². The molecule has 4 rings (SSSR count). The average molecular weight is 418 g/mol. The Morgan fingerprint density at radius 2 is 1.73 bits per heavy atom. The van der Waals surface area contributed by atoms with E-state index < -0.39 is 12.1 Å². The first-order valence-electron chi connectivity index (χ1n) is 9.27. The molecular formula is C20H17F3N4O3. The number of aromatic nitrogens is 3. The summed E-state index contributed by atoms with van der Waals surface area (Å²) in [6, 6.07) is 9.81. The van der Waals surface area contributed by atoms with E-state index in [0.29, 0.717) is 42.8 Å². The zero-order valence-corrected chi connectivity index (χ0v) is 15.7. The van der Waals surface area contributed by atoms with E-state index in [1.807, 2.05) is 0 Å². The van der Waals surface area contributed by atoms with E-state index in [0.717, 1.165) is 0 Å². The summed E-state index contributed by atoms with van der Waals surface area (Å²) in [5, 5.41) is 3.36. The third kappa shape index (κ3) is 4.42. The molecule has 7 nitrogen and oxygen atoms in total. The van der Waals surface area contributed by atoms with E-state index in [2.05, 4.69) is 19.6 Å². The molecule has 1 aromatic carbocycles. The van der Waals surface area contributed by atoms with Crippen molar-refractivity contribution in [2.75, 3.05) is 13.1 Å². The van der Waals surface area contributed by atoms with Crippen LogP contribution in [-0.4, -0.2) is 45.1 Å². The molecule has 0 N–H and O–H groups in total. The predicted molar refractivity (Wildman–Crippen MR) is 98.5 cm³/mol. The molecule has 1 aliphatic heterocycles. The van der Waals surface area contributed by atoms with Crippen molar-refractivity contribution in [2.45, 2.75) is 25.1 Å². The Balaban J connectivity index is 1.32. The average Bonchev–Trinajstić information content (AvgIpc) is 3.26. The number of pyridine rings is 1. The molecule has 1 saturated heterocycles. The lowest BCUT2D eigenvalue weighted by Crippen LogP contribution is -2.41. The number of hydrogen-bond acceptors (Lipinski definition) is 6. The Morgan fingerprint density at radius 1 is 1.07 bits per heavy atom. The van der Waals surface area contributed by atoms with Gasteiger partial charge in [0, 0.05) is 49.5 Å². The van der Waals surface area contributed by atoms with Gasteiger partial charge >= 0.3 is 12.1 Å². The molecule has 156 valence electrons. The van der Waals surface area contributed by atoms with Gasteiger partial charge in [-0.3, -0.25) is 9.78 Å². The fraction of sp³-hybridized carbons (Fsp3) is 0.300. The van der Waals surface area contributed by atoms with Gasteiger partial charge in [0.2, 0.25) is 5.82 Å². The first kappa shape index (κ1) is 19.9. The highest BCUT2D eigenvalue weighted by Gasteiger charge is 2.38. The first-order valence-corrected chi connectivity index (χ1v) is 9.27. The Morgan fingerprint density at radius 3 is 2.33 bits per heavy atom. The number of rotatable bonds is 4. The number of alkyl halides is 3. The molecule has 0 atom stereocenters. The normalized spacial score (nSPS) is 15.2. The maximum absolute atomic E-state index is 12.6. The summed E-state index contributed by atoms with van der Waals surface area (Å²) in [6.45, 7) is 1.15. The van der Waals surface area contributed by atoms with Gasteiger partial charge in [-0.1, -0.05) is 5.16 Å². The third-order valence-corrected chi connectivity index (χ3v) is 4.74. The van der Waals surface area contributed by atoms with E-state index in [1.54, 1.807) is 53.7 Å². The number of piperidine rings is 1. The highest BCUT2D eigenvalue weighted by molar-refractivity contribution is 5.94. The standard InChI is InChI=1S/C20H17F3N4O3/c21-20(22,23)19-25-17(26-30-19)13-1-3-15(4-2-13)29-16-7-11-27(12-8-16)18(28)14-5-9-24-10-6-14/h1-6,9-10,16H,7-8,11-12H2. The fourth-order valence-corrected chi connectivity index (χ4v) is 3.18. The van der Waals surface area contributed by atoms with Crippen molar-refractivity contribution < 1.29 is 27.2 Å². The SMILES string of the molecule is O=C(c1ccncc1)N1CCC(Oc2ccc(-c3noc(C(F)(F)F)n3)cc2)CC1. The summed E-state index contributed by atoms with van der Waals surface area (Å²) >= 11 is 0. The number of ether oxygens (including phenoxy) is 1. The fourth-order valence-electron chi connectivity index (χ4n) is 3.18. The maximum Gasteiger partial charge on any atom is 0.471 e. The number of halogens is 3. The predicted octanol–water partition coefficient (Wildman–Crippen LogP) is 3.83. The van der Waals surface area contributed by atoms with E-state index in [4.69, 9.17) is 4.74 Å². The number of hydrogen-bond donors (Lipinski definition) is 0. The summed E-state index contributed by atoms with van der Waals surface area (Å²) in [5.74, 6) is -0.974. The van der Waals surface area contributed by atoms with Crippen LogP contribution in [0.25, 0.3) is 11.4 Å². The van der Waals surface area contributed by atoms with Crippen molar-refractivity contribution in [2.24, 2.45) is 0 Å². The van der Waals surface area contributed by atoms with Crippen molar-refractivity contribution in [1.29, 1.82) is 0 Å². The Kier molecular flexibility index (Phi) is 5.39. The van der Waals surface area contributed by atoms with Gasteiger partial charge < -0.3 is 14.2 Å². The van der Waals surface area contributed by atoms with Crippen LogP contribution in [-0.2, 0) is 6.18 Å². The zero-order valence-electron chi connectivity index (χ0n) is 15.7. The van der Waals surface area contributed by atoms with Gasteiger partial charge in [0.25, 0.3) is 5.91 Å². The van der Waals surface area contributed by atoms with Crippen molar-refractivity contribution in [3.8, 4) is 17.1 Å². The molecule has 2 aromatic heterocycles. The highest BCUT2D eigenvalue weighted by atomic mass is 19.4. The second-order valence-electron chi connectivity index (χ2n) is 6.79. The van der Waals surface area contributed by atoms with Crippen LogP contribution in [0.1, 0.15) is 29.1 Å². The maximum atomic E-state index is 12.6. The van der Waals surface area contributed by atoms with Crippen molar-refractivity contribution in [1.82, 2.24) is 20.0 Å². The van der Waals surface area contributed by atoms with Crippen LogP contribution in [0.2, 0.25) is 0 Å². The molecule has 30 heavy (non-hydrogen) atoms. The van der Waals surface area contributed by atoms with Crippen LogP contribution in [0, 0.1) is 0 Å². The van der Waals surface area contributed by atoms with Crippen LogP contribution < -0.4 is 4.74 Å². The third-order valence-electron chi connectivity index (χ3n) is 4.74. The van der Waals surface area contributed by atoms with E-state index >= 15 is 0 Å². The summed E-state index contributed by atoms with van der Waals surface area (Å²) in [5.41, 5.74) is 0.995. The number of amides is 1. The molecule has 3 heterocycles. The number of carbonyl (C=O) groups excluding carboxylic acids is 1. The number of carbonyl (C=O) groups is 1. The van der Waals surface area contributed by atoms with Crippen LogP contribution in [0.5, 0.6) is 5.75 Å². The van der Waals surface area contributed by atoms with Crippen molar-refractivity contribution >= 4 is 5.91 Å². The van der Waals surface area contributed by atoms with Crippen LogP contribution >= 0.6 is 0 Å². The summed E-state index contributed by atoms with van der Waals surface area (Å²) in [4.78, 5) is 21.5. The molecule has 0 aliphatic carbocycles. The Bertz CT molecular complexity index is 998. The molecule has 3 aromatic rings. The minimum Gasteiger partial charge on any atom is -0.490 e. The molecule has 1 aliphatic rings. The summed E-state index contributed by atoms with van der Waals surface area (Å²) in [6.07, 6.45) is -0.200. The quantitative estimate of drug-likeness (QED) is 0.641. The van der Waals surface area contributed by atoms with E-state index in [-0.39, 0.29) is 17.8 Å². The lowest BCUT2D eigenvalue weighted by Gasteiger charge is -2.32. The molecule has 1 fully saturated rings. The molecule has 0 bridgehead atoms. The van der Waals surface area contributed by atoms with E-state index in [9.17, 15) is 18.0 Å².